The zero-order valence-corrected chi connectivity index (χ0v) is 41.3. The van der Waals surface area contributed by atoms with Crippen LogP contribution >= 0.6 is 0 Å². The van der Waals surface area contributed by atoms with Crippen molar-refractivity contribution in [2.75, 3.05) is 0 Å². The molecule has 6 aromatic heterocycles. The van der Waals surface area contributed by atoms with Gasteiger partial charge in [-0.2, -0.15) is 15.0 Å². The van der Waals surface area contributed by atoms with Gasteiger partial charge in [-0.1, -0.05) is 170 Å². The van der Waals surface area contributed by atoms with Crippen molar-refractivity contribution >= 4 is 109 Å². The fourth-order valence-corrected chi connectivity index (χ4v) is 12.7. The van der Waals surface area contributed by atoms with Crippen LogP contribution in [0.25, 0.3) is 149 Å². The van der Waals surface area contributed by atoms with Gasteiger partial charge in [0, 0.05) is 65.2 Å². The molecule has 0 aliphatic heterocycles. The van der Waals surface area contributed by atoms with Crippen molar-refractivity contribution in [3.8, 4) is 40.3 Å². The molecule has 0 saturated heterocycles. The molecule has 0 bridgehead atoms. The first-order valence-corrected chi connectivity index (χ1v) is 26.1. The van der Waals surface area contributed by atoms with Crippen LogP contribution in [-0.4, -0.2) is 37.8 Å². The summed E-state index contributed by atoms with van der Waals surface area (Å²) >= 11 is 0. The molecule has 77 heavy (non-hydrogen) atoms. The van der Waals surface area contributed by atoms with Crippen LogP contribution in [0.15, 0.2) is 255 Å². The predicted molar refractivity (Wildman–Crippen MR) is 317 cm³/mol. The van der Waals surface area contributed by atoms with E-state index in [9.17, 15) is 0 Å². The van der Waals surface area contributed by atoms with Crippen molar-refractivity contribution in [3.05, 3.63) is 255 Å². The number of nitrogens with zero attached hydrogens (tertiary/aromatic N) is 8. The Kier molecular flexibility index (Phi) is 8.68. The highest BCUT2D eigenvalue weighted by molar-refractivity contribution is 6.19. The Hall–Kier alpha value is -10.6. The molecule has 0 fully saturated rings. The van der Waals surface area contributed by atoms with Crippen molar-refractivity contribution in [1.29, 1.82) is 0 Å². The standard InChI is InChI=1S/C69H42N8/c1-9-31-57-47(23-1)48-24-2-10-32-58(48)73(57)45-21-17-19-43(39-45)44-20-18-22-46(40-44)74-59-33-11-7-29-53(59)55-41-56-54-30-8-16-38-64(54)77(66(56)42-65(55)74)69-71-67(75-60-34-12-3-25-49(60)50-26-4-13-35-61(50)75)70-68(72-69)76-62-36-14-5-27-51(62)52-28-6-15-37-63(52)76/h1-42H. The van der Waals surface area contributed by atoms with Gasteiger partial charge in [0.2, 0.25) is 17.8 Å². The molecule has 8 heteroatoms. The van der Waals surface area contributed by atoms with Gasteiger partial charge in [0.25, 0.3) is 0 Å². The second-order valence-corrected chi connectivity index (χ2v) is 20.0. The Morgan fingerprint density at radius 3 is 0.753 bits per heavy atom. The molecule has 358 valence electrons. The molecule has 6 heterocycles. The Balaban J connectivity index is 0.914. The van der Waals surface area contributed by atoms with Crippen LogP contribution in [0.2, 0.25) is 0 Å². The lowest BCUT2D eigenvalue weighted by molar-refractivity contribution is 0.848. The number of hydrogen-bond acceptors (Lipinski definition) is 3. The second kappa shape index (κ2) is 16.0. The van der Waals surface area contributed by atoms with Crippen molar-refractivity contribution in [1.82, 2.24) is 37.8 Å². The average molecular weight is 983 g/mol. The first kappa shape index (κ1) is 41.9. The van der Waals surface area contributed by atoms with Gasteiger partial charge in [-0.05, 0) is 96.1 Å². The highest BCUT2D eigenvalue weighted by atomic mass is 15.3. The summed E-state index contributed by atoms with van der Waals surface area (Å²) < 4.78 is 11.5. The van der Waals surface area contributed by atoms with Crippen LogP contribution in [0.1, 0.15) is 0 Å². The zero-order valence-electron chi connectivity index (χ0n) is 41.3. The third kappa shape index (κ3) is 6.00. The summed E-state index contributed by atoms with van der Waals surface area (Å²) in [7, 11) is 0. The molecule has 0 amide bonds. The largest absolute Gasteiger partial charge is 0.309 e. The van der Waals surface area contributed by atoms with E-state index in [1.165, 1.54) is 32.6 Å². The van der Waals surface area contributed by atoms with Crippen molar-refractivity contribution in [2.24, 2.45) is 0 Å². The number of aromatic nitrogens is 8. The molecule has 11 aromatic carbocycles. The summed E-state index contributed by atoms with van der Waals surface area (Å²) in [6.45, 7) is 0. The summed E-state index contributed by atoms with van der Waals surface area (Å²) in [5.41, 5.74) is 15.1. The molecule has 0 saturated carbocycles. The second-order valence-electron chi connectivity index (χ2n) is 20.0. The molecular formula is C69H42N8. The van der Waals surface area contributed by atoms with E-state index in [2.05, 4.69) is 278 Å². The molecule has 17 rings (SSSR count). The monoisotopic (exact) mass is 982 g/mol. The lowest BCUT2D eigenvalue weighted by atomic mass is 10.0. The summed E-state index contributed by atoms with van der Waals surface area (Å²) in [5.74, 6) is 1.58. The SMILES string of the molecule is c1cc(-c2cccc(-n3c4ccccc4c4cc5c6ccccc6n(-c6nc(-n7c8ccccc8c8ccccc87)nc(-n7c8ccccc8c8ccccc87)n6)c5cc43)c2)cc(-n2c3ccccc3c3ccccc32)c1. The van der Waals surface area contributed by atoms with Crippen LogP contribution in [-0.2, 0) is 0 Å². The predicted octanol–water partition coefficient (Wildman–Crippen LogP) is 17.0. The summed E-state index contributed by atoms with van der Waals surface area (Å²) in [5, 5.41) is 11.6. The van der Waals surface area contributed by atoms with Crippen LogP contribution in [0.3, 0.4) is 0 Å². The van der Waals surface area contributed by atoms with Crippen molar-refractivity contribution in [3.63, 3.8) is 0 Å². The molecule has 0 atom stereocenters. The summed E-state index contributed by atoms with van der Waals surface area (Å²) in [4.78, 5) is 16.6. The maximum Gasteiger partial charge on any atom is 0.241 e. The first-order chi connectivity index (χ1) is 38.2. The molecular weight excluding hydrogens is 941 g/mol. The smallest absolute Gasteiger partial charge is 0.241 e. The topological polar surface area (TPSA) is 63.3 Å². The highest BCUT2D eigenvalue weighted by Gasteiger charge is 2.24. The van der Waals surface area contributed by atoms with Gasteiger partial charge >= 0.3 is 0 Å². The maximum absolute atomic E-state index is 5.58. The van der Waals surface area contributed by atoms with Gasteiger partial charge in [0.1, 0.15) is 0 Å². The van der Waals surface area contributed by atoms with Gasteiger partial charge in [-0.15, -0.1) is 0 Å². The Bertz CT molecular complexity index is 5020. The van der Waals surface area contributed by atoms with Gasteiger partial charge in [0.05, 0.1) is 55.2 Å². The van der Waals surface area contributed by atoms with E-state index < -0.39 is 0 Å². The van der Waals surface area contributed by atoms with Gasteiger partial charge in [0.15, 0.2) is 0 Å². The highest BCUT2D eigenvalue weighted by Crippen LogP contribution is 2.42. The number of rotatable bonds is 6. The fourth-order valence-electron chi connectivity index (χ4n) is 12.7. The van der Waals surface area contributed by atoms with Crippen molar-refractivity contribution < 1.29 is 0 Å². The quantitative estimate of drug-likeness (QED) is 0.167. The summed E-state index contributed by atoms with van der Waals surface area (Å²) in [6, 6.07) is 91.6. The van der Waals surface area contributed by atoms with E-state index in [0.717, 1.165) is 99.0 Å². The number of fused-ring (bicyclic) bond motifs is 15. The Labute approximate surface area is 439 Å². The minimum atomic E-state index is 0.520. The van der Waals surface area contributed by atoms with Crippen LogP contribution in [0.4, 0.5) is 0 Å². The lowest BCUT2D eigenvalue weighted by Crippen LogP contribution is -2.13. The Morgan fingerprint density at radius 2 is 0.429 bits per heavy atom. The van der Waals surface area contributed by atoms with Gasteiger partial charge < -0.3 is 9.13 Å². The fraction of sp³-hybridized carbons (Fsp3) is 0. The third-order valence-electron chi connectivity index (χ3n) is 15.9. The normalized spacial score (nSPS) is 12.2. The zero-order chi connectivity index (χ0) is 50.3. The van der Waals surface area contributed by atoms with E-state index in [1.54, 1.807) is 0 Å². The molecule has 0 spiro atoms. The Morgan fingerprint density at radius 1 is 0.182 bits per heavy atom. The number of benzene rings is 11. The van der Waals surface area contributed by atoms with E-state index >= 15 is 0 Å². The first-order valence-electron chi connectivity index (χ1n) is 26.1. The molecule has 0 aliphatic carbocycles. The minimum absolute atomic E-state index is 0.520. The maximum atomic E-state index is 5.58. The molecule has 0 N–H and O–H groups in total. The van der Waals surface area contributed by atoms with E-state index in [-0.39, 0.29) is 0 Å². The van der Waals surface area contributed by atoms with E-state index in [4.69, 9.17) is 15.0 Å². The molecule has 0 aliphatic rings. The summed E-state index contributed by atoms with van der Waals surface area (Å²) in [6.07, 6.45) is 0. The van der Waals surface area contributed by atoms with E-state index in [1.807, 2.05) is 0 Å². The molecule has 17 aromatic rings. The van der Waals surface area contributed by atoms with Crippen LogP contribution in [0, 0.1) is 0 Å². The molecule has 0 radical (unpaired) electrons. The van der Waals surface area contributed by atoms with Crippen LogP contribution < -0.4 is 0 Å². The van der Waals surface area contributed by atoms with Gasteiger partial charge in [-0.25, -0.2) is 0 Å². The van der Waals surface area contributed by atoms with Crippen LogP contribution in [0.5, 0.6) is 0 Å². The minimum Gasteiger partial charge on any atom is -0.309 e. The lowest BCUT2D eigenvalue weighted by Gasteiger charge is -2.14. The van der Waals surface area contributed by atoms with Gasteiger partial charge in [-0.3, -0.25) is 13.7 Å². The average Bonchev–Trinajstić information content (AvgIpc) is 4.47. The van der Waals surface area contributed by atoms with E-state index in [0.29, 0.717) is 17.8 Å². The third-order valence-corrected chi connectivity index (χ3v) is 15.9. The number of para-hydroxylation sites is 8. The number of hydrogen-bond donors (Lipinski definition) is 0. The van der Waals surface area contributed by atoms with Crippen molar-refractivity contribution in [2.45, 2.75) is 0 Å². The molecule has 8 nitrogen and oxygen atoms in total. The molecule has 0 unspecified atom stereocenters.